The lowest BCUT2D eigenvalue weighted by Crippen LogP contribution is -2.57. The number of hydrogen-bond donors (Lipinski definition) is 0. The highest BCUT2D eigenvalue weighted by atomic mass is 15.2. The minimum atomic E-state index is 0.115. The average Bonchev–Trinajstić information content (AvgIpc) is 2.17. The van der Waals surface area contributed by atoms with Crippen molar-refractivity contribution in [3.05, 3.63) is 11.4 Å². The van der Waals surface area contributed by atoms with Gasteiger partial charge in [0, 0.05) is 18.6 Å². The van der Waals surface area contributed by atoms with Crippen molar-refractivity contribution in [1.82, 2.24) is 9.80 Å². The third-order valence-electron chi connectivity index (χ3n) is 3.96. The molecule has 0 N–H and O–H groups in total. The zero-order valence-corrected chi connectivity index (χ0v) is 11.4. The minimum Gasteiger partial charge on any atom is -0.315 e. The summed E-state index contributed by atoms with van der Waals surface area (Å²) in [5, 5.41) is 0. The Morgan fingerprint density at radius 2 is 1.75 bits per heavy atom. The predicted octanol–water partition coefficient (Wildman–Crippen LogP) is 2.10. The van der Waals surface area contributed by atoms with Gasteiger partial charge in [-0.2, -0.15) is 0 Å². The molecule has 1 aliphatic rings. The maximum absolute atomic E-state index is 7.12. The first-order valence-electron chi connectivity index (χ1n) is 6.07. The Hall–Kier alpha value is -0.590. The number of hydrogen-bond acceptors (Lipinski definition) is 2. The van der Waals surface area contributed by atoms with E-state index >= 15 is 0 Å². The van der Waals surface area contributed by atoms with Crippen LogP contribution in [-0.4, -0.2) is 54.6 Å². The second kappa shape index (κ2) is 4.73. The molecule has 1 saturated heterocycles. The van der Waals surface area contributed by atoms with Gasteiger partial charge in [-0.3, -0.25) is 9.80 Å². The van der Waals surface area contributed by atoms with Gasteiger partial charge in [0.05, 0.1) is 5.54 Å². The fourth-order valence-corrected chi connectivity index (χ4v) is 2.49. The molecule has 1 heterocycles. The average molecular weight is 223 g/mol. The van der Waals surface area contributed by atoms with Gasteiger partial charge in [0.15, 0.2) is 0 Å². The van der Waals surface area contributed by atoms with Gasteiger partial charge in [-0.15, -0.1) is 0 Å². The Morgan fingerprint density at radius 1 is 1.25 bits per heavy atom. The quantitative estimate of drug-likeness (QED) is 0.664. The Balaban J connectivity index is 2.68. The monoisotopic (exact) mass is 223 g/mol. The number of nitrogens with zero attached hydrogens (tertiary/aromatic N) is 3. The van der Waals surface area contributed by atoms with E-state index in [2.05, 4.69) is 49.5 Å². The van der Waals surface area contributed by atoms with Crippen LogP contribution in [0.1, 0.15) is 33.6 Å². The SMILES string of the molecule is [C-]#[N+]CC1(N(C)C)CCN(C(C)(C)C)CC1. The van der Waals surface area contributed by atoms with E-state index in [0.717, 1.165) is 25.9 Å². The normalized spacial score (nSPS) is 22.1. The topological polar surface area (TPSA) is 10.8 Å². The molecule has 0 spiro atoms. The number of likely N-dealkylation sites (tertiary alicyclic amines) is 1. The lowest BCUT2D eigenvalue weighted by atomic mass is 9.84. The van der Waals surface area contributed by atoms with Gasteiger partial charge in [0.1, 0.15) is 0 Å². The summed E-state index contributed by atoms with van der Waals surface area (Å²) < 4.78 is 0. The molecule has 0 amide bonds. The summed E-state index contributed by atoms with van der Waals surface area (Å²) in [5.41, 5.74) is 0.375. The zero-order valence-electron chi connectivity index (χ0n) is 11.4. The Morgan fingerprint density at radius 3 is 2.06 bits per heavy atom. The van der Waals surface area contributed by atoms with Crippen molar-refractivity contribution >= 4 is 0 Å². The second-order valence-electron chi connectivity index (χ2n) is 6.09. The molecule has 1 rings (SSSR count). The molecule has 0 aromatic heterocycles. The van der Waals surface area contributed by atoms with Crippen LogP contribution in [0.5, 0.6) is 0 Å². The number of rotatable bonds is 2. The van der Waals surface area contributed by atoms with Crippen LogP contribution in [0.2, 0.25) is 0 Å². The van der Waals surface area contributed by atoms with Crippen LogP contribution in [-0.2, 0) is 0 Å². The van der Waals surface area contributed by atoms with E-state index in [0.29, 0.717) is 6.54 Å². The van der Waals surface area contributed by atoms with E-state index in [1.54, 1.807) is 0 Å². The van der Waals surface area contributed by atoms with Crippen molar-refractivity contribution in [3.8, 4) is 0 Å². The third kappa shape index (κ3) is 2.75. The van der Waals surface area contributed by atoms with Crippen LogP contribution < -0.4 is 0 Å². The largest absolute Gasteiger partial charge is 0.315 e. The first kappa shape index (κ1) is 13.5. The summed E-state index contributed by atoms with van der Waals surface area (Å²) in [6.45, 7) is 16.8. The van der Waals surface area contributed by atoms with Gasteiger partial charge < -0.3 is 4.85 Å². The van der Waals surface area contributed by atoms with Crippen molar-refractivity contribution < 1.29 is 0 Å². The van der Waals surface area contributed by atoms with Crippen LogP contribution in [0.25, 0.3) is 4.85 Å². The Bertz CT molecular complexity index is 262. The fraction of sp³-hybridized carbons (Fsp3) is 0.923. The van der Waals surface area contributed by atoms with E-state index in [9.17, 15) is 0 Å². The molecule has 0 atom stereocenters. The predicted molar refractivity (Wildman–Crippen MR) is 68.4 cm³/mol. The summed E-state index contributed by atoms with van der Waals surface area (Å²) in [6.07, 6.45) is 2.22. The lowest BCUT2D eigenvalue weighted by molar-refractivity contribution is 0.0260. The van der Waals surface area contributed by atoms with Crippen LogP contribution >= 0.6 is 0 Å². The van der Waals surface area contributed by atoms with Crippen molar-refractivity contribution in [2.24, 2.45) is 0 Å². The van der Waals surface area contributed by atoms with Gasteiger partial charge >= 0.3 is 0 Å². The van der Waals surface area contributed by atoms with Gasteiger partial charge in [-0.05, 0) is 47.7 Å². The maximum Gasteiger partial charge on any atom is 0.232 e. The molecule has 3 heteroatoms. The molecule has 0 radical (unpaired) electrons. The van der Waals surface area contributed by atoms with E-state index < -0.39 is 0 Å². The molecule has 0 unspecified atom stereocenters. The summed E-state index contributed by atoms with van der Waals surface area (Å²) in [6, 6.07) is 0. The summed E-state index contributed by atoms with van der Waals surface area (Å²) in [5.74, 6) is 0. The molecule has 0 saturated carbocycles. The highest BCUT2D eigenvalue weighted by Crippen LogP contribution is 2.30. The number of likely N-dealkylation sites (N-methyl/N-ethyl adjacent to an activating group) is 1. The third-order valence-corrected chi connectivity index (χ3v) is 3.96. The molecular weight excluding hydrogens is 198 g/mol. The molecule has 3 nitrogen and oxygen atoms in total. The molecular formula is C13H25N3. The number of piperidine rings is 1. The molecule has 0 bridgehead atoms. The van der Waals surface area contributed by atoms with E-state index in [-0.39, 0.29) is 11.1 Å². The van der Waals surface area contributed by atoms with E-state index in [1.165, 1.54) is 0 Å². The van der Waals surface area contributed by atoms with Crippen molar-refractivity contribution in [2.45, 2.75) is 44.7 Å². The Kier molecular flexibility index (Phi) is 3.98. The second-order valence-corrected chi connectivity index (χ2v) is 6.09. The van der Waals surface area contributed by atoms with Crippen LogP contribution in [0, 0.1) is 6.57 Å². The van der Waals surface area contributed by atoms with Crippen molar-refractivity contribution in [2.75, 3.05) is 33.7 Å². The van der Waals surface area contributed by atoms with Crippen molar-refractivity contribution in [1.29, 1.82) is 0 Å². The van der Waals surface area contributed by atoms with Crippen molar-refractivity contribution in [3.63, 3.8) is 0 Å². The zero-order chi connectivity index (χ0) is 12.4. The molecule has 1 aliphatic heterocycles. The first-order valence-corrected chi connectivity index (χ1v) is 6.07. The molecule has 92 valence electrons. The van der Waals surface area contributed by atoms with Gasteiger partial charge in [0.25, 0.3) is 0 Å². The standard InChI is InChI=1S/C13H25N3/c1-12(2,3)16-9-7-13(8-10-16,11-14-4)15(5)6/h7-11H2,1-3,5-6H3. The smallest absolute Gasteiger partial charge is 0.232 e. The molecule has 0 aromatic carbocycles. The van der Waals surface area contributed by atoms with Crippen LogP contribution in [0.3, 0.4) is 0 Å². The fourth-order valence-electron chi connectivity index (χ4n) is 2.49. The minimum absolute atomic E-state index is 0.115. The molecule has 16 heavy (non-hydrogen) atoms. The van der Waals surface area contributed by atoms with Gasteiger partial charge in [-0.1, -0.05) is 0 Å². The van der Waals surface area contributed by atoms with Crippen LogP contribution in [0.4, 0.5) is 0 Å². The van der Waals surface area contributed by atoms with Gasteiger partial charge in [0.2, 0.25) is 6.54 Å². The molecule has 1 fully saturated rings. The highest BCUT2D eigenvalue weighted by Gasteiger charge is 2.41. The van der Waals surface area contributed by atoms with Crippen LogP contribution in [0.15, 0.2) is 0 Å². The highest BCUT2D eigenvalue weighted by molar-refractivity contribution is 4.99. The van der Waals surface area contributed by atoms with E-state index in [4.69, 9.17) is 6.57 Å². The van der Waals surface area contributed by atoms with E-state index in [1.807, 2.05) is 0 Å². The Labute approximate surface area is 100 Å². The summed E-state index contributed by atoms with van der Waals surface area (Å²) in [7, 11) is 4.22. The van der Waals surface area contributed by atoms with Gasteiger partial charge in [-0.25, -0.2) is 6.57 Å². The summed E-state index contributed by atoms with van der Waals surface area (Å²) >= 11 is 0. The first-order chi connectivity index (χ1) is 7.32. The maximum atomic E-state index is 7.12. The molecule has 0 aliphatic carbocycles. The summed E-state index contributed by atoms with van der Waals surface area (Å²) in [4.78, 5) is 8.41. The molecule has 0 aromatic rings. The lowest BCUT2D eigenvalue weighted by Gasteiger charge is -2.47.